The molecule has 0 bridgehead atoms. The molecule has 0 spiro atoms. The molecule has 1 aliphatic heterocycles. The van der Waals surface area contributed by atoms with E-state index in [1.165, 1.54) is 20.0 Å². The third-order valence-corrected chi connectivity index (χ3v) is 3.35. The highest BCUT2D eigenvalue weighted by Gasteiger charge is 2.44. The minimum atomic E-state index is -0.471. The highest BCUT2D eigenvalue weighted by Crippen LogP contribution is 2.28. The first-order valence-corrected chi connectivity index (χ1v) is 6.24. The Hall–Kier alpha value is -0.610. The van der Waals surface area contributed by atoms with E-state index >= 15 is 0 Å². The number of ether oxygens (including phenoxy) is 1. The summed E-state index contributed by atoms with van der Waals surface area (Å²) in [6.45, 7) is 6.02. The summed E-state index contributed by atoms with van der Waals surface area (Å²) in [5.74, 6) is -0.131. The number of unbranched alkanes of at least 4 members (excludes halogenated alkanes) is 2. The van der Waals surface area contributed by atoms with Crippen LogP contribution in [0.25, 0.3) is 0 Å². The van der Waals surface area contributed by atoms with Crippen LogP contribution in [0.4, 0.5) is 0 Å². The number of carbonyl (C=O) groups is 1. The van der Waals surface area contributed by atoms with Crippen molar-refractivity contribution < 1.29 is 9.53 Å². The van der Waals surface area contributed by atoms with Gasteiger partial charge in [-0.1, -0.05) is 19.8 Å². The molecule has 1 atom stereocenters. The van der Waals surface area contributed by atoms with E-state index in [9.17, 15) is 4.79 Å². The number of rotatable bonds is 6. The van der Waals surface area contributed by atoms with Crippen molar-refractivity contribution in [3.8, 4) is 0 Å². The summed E-state index contributed by atoms with van der Waals surface area (Å²) in [5, 5.41) is 2.05. The Bertz CT molecular complexity index is 233. The predicted octanol–water partition coefficient (Wildman–Crippen LogP) is 1.71. The van der Waals surface area contributed by atoms with Crippen LogP contribution in [-0.4, -0.2) is 36.7 Å². The van der Waals surface area contributed by atoms with Crippen LogP contribution in [0.5, 0.6) is 0 Å². The summed E-state index contributed by atoms with van der Waals surface area (Å²) < 4.78 is 4.87. The molecule has 1 saturated heterocycles. The number of hydrogen-bond acceptors (Lipinski definition) is 4. The fraction of sp³-hybridized carbons (Fsp3) is 0.917. The normalized spacial score (nSPS) is 25.9. The van der Waals surface area contributed by atoms with Crippen LogP contribution < -0.4 is 5.43 Å². The van der Waals surface area contributed by atoms with Gasteiger partial charge in [0, 0.05) is 13.1 Å². The number of nitrogens with one attached hydrogen (secondary N) is 1. The Morgan fingerprint density at radius 2 is 2.25 bits per heavy atom. The summed E-state index contributed by atoms with van der Waals surface area (Å²) in [4.78, 5) is 11.7. The van der Waals surface area contributed by atoms with Crippen LogP contribution in [0, 0.1) is 0 Å². The van der Waals surface area contributed by atoms with Gasteiger partial charge in [0.05, 0.1) is 7.11 Å². The molecule has 1 heterocycles. The van der Waals surface area contributed by atoms with Crippen molar-refractivity contribution in [3.63, 3.8) is 0 Å². The fourth-order valence-electron chi connectivity index (χ4n) is 2.24. The van der Waals surface area contributed by atoms with Crippen LogP contribution in [0.1, 0.15) is 46.0 Å². The molecule has 1 N–H and O–H groups in total. The molecular formula is C12H24N2O2. The average molecular weight is 228 g/mol. The molecular weight excluding hydrogens is 204 g/mol. The maximum Gasteiger partial charge on any atom is 0.327 e. The van der Waals surface area contributed by atoms with Gasteiger partial charge in [-0.3, -0.25) is 10.2 Å². The van der Waals surface area contributed by atoms with E-state index in [4.69, 9.17) is 4.74 Å². The number of nitrogens with zero attached hydrogens (tertiary/aromatic N) is 1. The first-order valence-electron chi connectivity index (χ1n) is 6.24. The zero-order valence-corrected chi connectivity index (χ0v) is 10.7. The Kier molecular flexibility index (Phi) is 5.22. The number of methoxy groups -OCH3 is 1. The van der Waals surface area contributed by atoms with Crippen molar-refractivity contribution in [1.29, 1.82) is 0 Å². The maximum atomic E-state index is 11.7. The maximum absolute atomic E-state index is 11.7. The third-order valence-electron chi connectivity index (χ3n) is 3.35. The second-order valence-corrected chi connectivity index (χ2v) is 4.64. The van der Waals surface area contributed by atoms with E-state index in [2.05, 4.69) is 17.4 Å². The summed E-state index contributed by atoms with van der Waals surface area (Å²) in [6.07, 6.45) is 5.53. The van der Waals surface area contributed by atoms with Crippen molar-refractivity contribution in [2.24, 2.45) is 0 Å². The van der Waals surface area contributed by atoms with Crippen molar-refractivity contribution in [2.75, 3.05) is 20.2 Å². The van der Waals surface area contributed by atoms with E-state index in [0.717, 1.165) is 32.4 Å². The third kappa shape index (κ3) is 2.95. The molecule has 94 valence electrons. The number of hydrazine groups is 1. The van der Waals surface area contributed by atoms with Crippen molar-refractivity contribution in [3.05, 3.63) is 0 Å². The predicted molar refractivity (Wildman–Crippen MR) is 63.9 cm³/mol. The Morgan fingerprint density at radius 3 is 2.88 bits per heavy atom. The van der Waals surface area contributed by atoms with Crippen LogP contribution in [0.2, 0.25) is 0 Å². The second kappa shape index (κ2) is 6.21. The quantitative estimate of drug-likeness (QED) is 0.555. The Morgan fingerprint density at radius 1 is 1.50 bits per heavy atom. The topological polar surface area (TPSA) is 41.6 Å². The zero-order chi connectivity index (χ0) is 12.0. The summed E-state index contributed by atoms with van der Waals surface area (Å²) in [7, 11) is 1.46. The van der Waals surface area contributed by atoms with Crippen molar-refractivity contribution in [1.82, 2.24) is 10.4 Å². The Labute approximate surface area is 98.3 Å². The van der Waals surface area contributed by atoms with Gasteiger partial charge in [0.1, 0.15) is 5.54 Å². The van der Waals surface area contributed by atoms with E-state index in [0.29, 0.717) is 0 Å². The van der Waals surface area contributed by atoms with Gasteiger partial charge in [-0.25, -0.2) is 5.01 Å². The van der Waals surface area contributed by atoms with Gasteiger partial charge in [-0.05, 0) is 26.2 Å². The van der Waals surface area contributed by atoms with E-state index < -0.39 is 5.54 Å². The molecule has 1 rings (SSSR count). The summed E-state index contributed by atoms with van der Waals surface area (Å²) in [6, 6.07) is 0. The largest absolute Gasteiger partial charge is 0.468 e. The number of hydrogen-bond donors (Lipinski definition) is 1. The highest BCUT2D eigenvalue weighted by atomic mass is 16.5. The molecule has 4 heteroatoms. The number of esters is 1. The zero-order valence-electron chi connectivity index (χ0n) is 10.7. The second-order valence-electron chi connectivity index (χ2n) is 4.64. The minimum absolute atomic E-state index is 0.131. The van der Waals surface area contributed by atoms with Gasteiger partial charge in [-0.15, -0.1) is 0 Å². The molecule has 1 unspecified atom stereocenters. The molecule has 1 aliphatic rings. The minimum Gasteiger partial charge on any atom is -0.468 e. The monoisotopic (exact) mass is 228 g/mol. The van der Waals surface area contributed by atoms with Gasteiger partial charge in [-0.2, -0.15) is 0 Å². The first kappa shape index (κ1) is 13.5. The van der Waals surface area contributed by atoms with Gasteiger partial charge < -0.3 is 4.74 Å². The lowest BCUT2D eigenvalue weighted by Gasteiger charge is -2.32. The van der Waals surface area contributed by atoms with Crippen LogP contribution in [-0.2, 0) is 9.53 Å². The van der Waals surface area contributed by atoms with Crippen LogP contribution >= 0.6 is 0 Å². The molecule has 0 aromatic carbocycles. The van der Waals surface area contributed by atoms with E-state index in [-0.39, 0.29) is 5.97 Å². The lowest BCUT2D eigenvalue weighted by molar-refractivity contribution is -0.154. The fourth-order valence-corrected chi connectivity index (χ4v) is 2.24. The van der Waals surface area contributed by atoms with Crippen LogP contribution in [0.15, 0.2) is 0 Å². The van der Waals surface area contributed by atoms with Gasteiger partial charge in [0.2, 0.25) is 0 Å². The van der Waals surface area contributed by atoms with Gasteiger partial charge in [0.25, 0.3) is 0 Å². The van der Waals surface area contributed by atoms with E-state index in [1.807, 2.05) is 6.92 Å². The van der Waals surface area contributed by atoms with E-state index in [1.54, 1.807) is 0 Å². The lowest BCUT2D eigenvalue weighted by Crippen LogP contribution is -2.55. The van der Waals surface area contributed by atoms with Crippen molar-refractivity contribution in [2.45, 2.75) is 51.5 Å². The molecule has 0 aromatic rings. The lowest BCUT2D eigenvalue weighted by atomic mass is 10.0. The molecule has 1 fully saturated rings. The molecule has 0 aliphatic carbocycles. The highest BCUT2D eigenvalue weighted by molar-refractivity contribution is 5.80. The summed E-state index contributed by atoms with van der Waals surface area (Å²) >= 11 is 0. The SMILES string of the molecule is CCCCCNN1CCCC1(C)C(=O)OC. The molecule has 0 saturated carbocycles. The van der Waals surface area contributed by atoms with Gasteiger partial charge >= 0.3 is 5.97 Å². The molecule has 0 aromatic heterocycles. The standard InChI is InChI=1S/C12H24N2O2/c1-4-5-6-9-13-14-10-7-8-12(14,2)11(15)16-3/h13H,4-10H2,1-3H3. The van der Waals surface area contributed by atoms with Crippen LogP contribution in [0.3, 0.4) is 0 Å². The van der Waals surface area contributed by atoms with Crippen molar-refractivity contribution >= 4 is 5.97 Å². The Balaban J connectivity index is 2.42. The first-order chi connectivity index (χ1) is 7.65. The smallest absolute Gasteiger partial charge is 0.327 e. The summed E-state index contributed by atoms with van der Waals surface area (Å²) in [5.41, 5.74) is 2.88. The molecule has 16 heavy (non-hydrogen) atoms. The molecule has 4 nitrogen and oxygen atoms in total. The molecule has 0 radical (unpaired) electrons. The average Bonchev–Trinajstić information content (AvgIpc) is 2.66. The van der Waals surface area contributed by atoms with Gasteiger partial charge in [0.15, 0.2) is 0 Å². The number of carbonyl (C=O) groups excluding carboxylic acids is 1. The molecule has 0 amide bonds.